The van der Waals surface area contributed by atoms with Gasteiger partial charge in [-0.15, -0.1) is 0 Å². The molecule has 0 aromatic heterocycles. The molecule has 3 radical (unpaired) electrons. The molecule has 0 N–H and O–H groups in total. The molecule has 0 spiro atoms. The van der Waals surface area contributed by atoms with Crippen LogP contribution in [0.15, 0.2) is 18.2 Å². The van der Waals surface area contributed by atoms with Crippen molar-refractivity contribution in [2.24, 2.45) is 0 Å². The molecule has 0 saturated heterocycles. The summed E-state index contributed by atoms with van der Waals surface area (Å²) in [5, 5.41) is 0. The molecule has 11 heavy (non-hydrogen) atoms. The minimum atomic E-state index is 1.26. The molecule has 0 unspecified atom stereocenters. The third-order valence-corrected chi connectivity index (χ3v) is 2.61. The minimum absolute atomic E-state index is 1.26. The van der Waals surface area contributed by atoms with Crippen LogP contribution in [0, 0.1) is 13.8 Å². The van der Waals surface area contributed by atoms with E-state index >= 15 is 0 Å². The third kappa shape index (κ3) is 2.51. The van der Waals surface area contributed by atoms with E-state index in [1.165, 1.54) is 27.5 Å². The van der Waals surface area contributed by atoms with Crippen molar-refractivity contribution >= 4 is 22.5 Å². The Labute approximate surface area is 82.1 Å². The van der Waals surface area contributed by atoms with Crippen molar-refractivity contribution in [2.45, 2.75) is 24.7 Å². The van der Waals surface area contributed by atoms with Gasteiger partial charge in [0, 0.05) is 0 Å². The van der Waals surface area contributed by atoms with Gasteiger partial charge < -0.3 is 0 Å². The standard InChI is InChI=1S/C10H13.Sn/c1-4-10-7-8(2)5-6-9(10)3;/h5-7H,1,4H2,2-3H3;. The second-order valence-corrected chi connectivity index (χ2v) is 4.36. The summed E-state index contributed by atoms with van der Waals surface area (Å²) in [5.41, 5.74) is 4.36. The van der Waals surface area contributed by atoms with Crippen molar-refractivity contribution in [2.75, 3.05) is 0 Å². The summed E-state index contributed by atoms with van der Waals surface area (Å²) in [4.78, 5) is 0. The molecule has 0 nitrogen and oxygen atoms in total. The van der Waals surface area contributed by atoms with E-state index in [1.54, 1.807) is 22.5 Å². The van der Waals surface area contributed by atoms with Crippen LogP contribution >= 0.6 is 0 Å². The van der Waals surface area contributed by atoms with E-state index in [-0.39, 0.29) is 0 Å². The molecule has 0 atom stereocenters. The Hall–Kier alpha value is 0.0187. The Balaban J connectivity index is 2.93. The first-order valence-corrected chi connectivity index (χ1v) is 5.96. The zero-order valence-electron chi connectivity index (χ0n) is 7.15. The fourth-order valence-electron chi connectivity index (χ4n) is 1.20. The third-order valence-electron chi connectivity index (χ3n) is 1.90. The topological polar surface area (TPSA) is 0 Å². The van der Waals surface area contributed by atoms with Gasteiger partial charge in [0.2, 0.25) is 0 Å². The molecule has 57 valence electrons. The Morgan fingerprint density at radius 1 is 1.27 bits per heavy atom. The molecule has 0 bridgehead atoms. The van der Waals surface area contributed by atoms with E-state index in [4.69, 9.17) is 0 Å². The number of rotatable bonds is 2. The monoisotopic (exact) mass is 253 g/mol. The van der Waals surface area contributed by atoms with Crippen LogP contribution in [-0.4, -0.2) is 22.5 Å². The molecule has 1 rings (SSSR count). The molecule has 0 aliphatic carbocycles. The Kier molecular flexibility index (Phi) is 3.43. The molecule has 0 amide bonds. The maximum atomic E-state index is 2.30. The van der Waals surface area contributed by atoms with Crippen molar-refractivity contribution in [1.29, 1.82) is 0 Å². The molecule has 0 heterocycles. The first-order chi connectivity index (χ1) is 5.24. The zero-order valence-corrected chi connectivity index (χ0v) is 10.0. The van der Waals surface area contributed by atoms with Crippen LogP contribution in [0.2, 0.25) is 4.44 Å². The van der Waals surface area contributed by atoms with Gasteiger partial charge in [-0.1, -0.05) is 0 Å². The average molecular weight is 252 g/mol. The summed E-state index contributed by atoms with van der Waals surface area (Å²) in [6.07, 6.45) is 1.26. The summed E-state index contributed by atoms with van der Waals surface area (Å²) < 4.78 is 1.33. The molecule has 1 aromatic carbocycles. The number of benzene rings is 1. The SMILES string of the molecule is Cc1ccc(C)c(C[CH2][Sn])c1. The van der Waals surface area contributed by atoms with E-state index in [0.29, 0.717) is 0 Å². The summed E-state index contributed by atoms with van der Waals surface area (Å²) in [6, 6.07) is 6.71. The second-order valence-electron chi connectivity index (χ2n) is 2.93. The molecule has 1 aromatic rings. The van der Waals surface area contributed by atoms with Crippen molar-refractivity contribution in [1.82, 2.24) is 0 Å². The van der Waals surface area contributed by atoms with E-state index < -0.39 is 0 Å². The second kappa shape index (κ2) is 4.15. The van der Waals surface area contributed by atoms with E-state index in [0.717, 1.165) is 0 Å². The average Bonchev–Trinajstić information content (AvgIpc) is 1.98. The van der Waals surface area contributed by atoms with Gasteiger partial charge in [-0.3, -0.25) is 0 Å². The fraction of sp³-hybridized carbons (Fsp3) is 0.400. The normalized spacial score (nSPS) is 10.1. The van der Waals surface area contributed by atoms with Crippen molar-refractivity contribution < 1.29 is 0 Å². The van der Waals surface area contributed by atoms with E-state index in [1.807, 2.05) is 0 Å². The van der Waals surface area contributed by atoms with Gasteiger partial charge in [0.15, 0.2) is 0 Å². The van der Waals surface area contributed by atoms with E-state index in [9.17, 15) is 0 Å². The number of hydrogen-bond donors (Lipinski definition) is 0. The summed E-state index contributed by atoms with van der Waals surface area (Å²) >= 11 is 1.64. The molecule has 0 aliphatic rings. The van der Waals surface area contributed by atoms with Gasteiger partial charge in [0.1, 0.15) is 0 Å². The Morgan fingerprint density at radius 2 is 2.00 bits per heavy atom. The Bertz CT molecular complexity index is 241. The van der Waals surface area contributed by atoms with Crippen LogP contribution in [0.5, 0.6) is 0 Å². The van der Waals surface area contributed by atoms with Crippen LogP contribution in [-0.2, 0) is 6.42 Å². The molecule has 0 saturated carbocycles. The number of hydrogen-bond acceptors (Lipinski definition) is 0. The van der Waals surface area contributed by atoms with Gasteiger partial charge in [0.05, 0.1) is 0 Å². The summed E-state index contributed by atoms with van der Waals surface area (Å²) in [5.74, 6) is 0. The van der Waals surface area contributed by atoms with Crippen LogP contribution in [0.3, 0.4) is 0 Å². The first kappa shape index (κ1) is 9.11. The van der Waals surface area contributed by atoms with Crippen LogP contribution in [0.1, 0.15) is 16.7 Å². The molecule has 0 aliphatic heterocycles. The van der Waals surface area contributed by atoms with Crippen LogP contribution in [0.4, 0.5) is 0 Å². The zero-order chi connectivity index (χ0) is 8.27. The van der Waals surface area contributed by atoms with Crippen molar-refractivity contribution in [3.63, 3.8) is 0 Å². The first-order valence-electron chi connectivity index (χ1n) is 3.95. The van der Waals surface area contributed by atoms with Gasteiger partial charge in [-0.25, -0.2) is 0 Å². The van der Waals surface area contributed by atoms with Gasteiger partial charge >= 0.3 is 82.1 Å². The maximum absolute atomic E-state index is 2.30. The van der Waals surface area contributed by atoms with Gasteiger partial charge in [0.25, 0.3) is 0 Å². The predicted molar refractivity (Wildman–Crippen MR) is 50.2 cm³/mol. The van der Waals surface area contributed by atoms with Crippen molar-refractivity contribution in [3.05, 3.63) is 34.9 Å². The molecule has 1 heteroatoms. The number of aryl methyl sites for hydroxylation is 3. The van der Waals surface area contributed by atoms with Gasteiger partial charge in [-0.2, -0.15) is 0 Å². The quantitative estimate of drug-likeness (QED) is 0.709. The van der Waals surface area contributed by atoms with Crippen LogP contribution < -0.4 is 0 Å². The Morgan fingerprint density at radius 3 is 2.64 bits per heavy atom. The predicted octanol–water partition coefficient (Wildman–Crippen LogP) is 2.43. The molecular weight excluding hydrogens is 239 g/mol. The summed E-state index contributed by atoms with van der Waals surface area (Å²) in [6.45, 7) is 4.35. The van der Waals surface area contributed by atoms with Crippen molar-refractivity contribution in [3.8, 4) is 0 Å². The van der Waals surface area contributed by atoms with E-state index in [2.05, 4.69) is 32.0 Å². The molecular formula is C10H13Sn. The molecule has 0 fully saturated rings. The van der Waals surface area contributed by atoms with Crippen LogP contribution in [0.25, 0.3) is 0 Å². The summed E-state index contributed by atoms with van der Waals surface area (Å²) in [7, 11) is 0. The fourth-order valence-corrected chi connectivity index (χ4v) is 1.97. The van der Waals surface area contributed by atoms with Gasteiger partial charge in [-0.05, 0) is 0 Å².